The first-order valence-corrected chi connectivity index (χ1v) is 6.04. The summed E-state index contributed by atoms with van der Waals surface area (Å²) in [5, 5.41) is 4.02. The summed E-state index contributed by atoms with van der Waals surface area (Å²) in [7, 11) is 2.45. The number of hydrogen-bond acceptors (Lipinski definition) is 5. The Labute approximate surface area is 120 Å². The molecule has 2 rings (SSSR count). The normalized spacial score (nSPS) is 10.2. The molecular weight excluding hydrogens is 279 g/mol. The van der Waals surface area contributed by atoms with Gasteiger partial charge in [-0.15, -0.1) is 0 Å². The Morgan fingerprint density at radius 1 is 1.14 bits per heavy atom. The highest BCUT2D eigenvalue weighted by molar-refractivity contribution is 5.93. The summed E-state index contributed by atoms with van der Waals surface area (Å²) in [6.45, 7) is 0.196. The van der Waals surface area contributed by atoms with Gasteiger partial charge >= 0.3 is 11.9 Å². The Kier molecular flexibility index (Phi) is 4.32. The van der Waals surface area contributed by atoms with Gasteiger partial charge in [0.1, 0.15) is 11.5 Å². The lowest BCUT2D eigenvalue weighted by Gasteiger charge is -2.06. The van der Waals surface area contributed by atoms with Crippen LogP contribution in [-0.2, 0) is 16.0 Å². The molecule has 1 aromatic carbocycles. The molecule has 0 unspecified atom stereocenters. The first-order chi connectivity index (χ1) is 10.0. The predicted octanol–water partition coefficient (Wildman–Crippen LogP) is 1.64. The number of hydrogen-bond donors (Lipinski definition) is 0. The quantitative estimate of drug-likeness (QED) is 0.801. The van der Waals surface area contributed by atoms with Crippen molar-refractivity contribution >= 4 is 11.9 Å². The summed E-state index contributed by atoms with van der Waals surface area (Å²) in [6, 6.07) is 7.03. The van der Waals surface area contributed by atoms with Crippen molar-refractivity contribution in [1.29, 1.82) is 0 Å². The van der Waals surface area contributed by atoms with Gasteiger partial charge in [0.2, 0.25) is 0 Å². The molecule has 0 saturated heterocycles. The fourth-order valence-corrected chi connectivity index (χ4v) is 1.77. The number of halogens is 1. The molecule has 0 N–H and O–H groups in total. The third kappa shape index (κ3) is 3.25. The van der Waals surface area contributed by atoms with E-state index >= 15 is 0 Å². The van der Waals surface area contributed by atoms with Gasteiger partial charge < -0.3 is 9.47 Å². The Balaban J connectivity index is 2.36. The zero-order valence-corrected chi connectivity index (χ0v) is 11.5. The predicted molar refractivity (Wildman–Crippen MR) is 70.4 cm³/mol. The molecule has 21 heavy (non-hydrogen) atoms. The van der Waals surface area contributed by atoms with E-state index < -0.39 is 11.9 Å². The van der Waals surface area contributed by atoms with E-state index in [1.807, 2.05) is 0 Å². The number of ether oxygens (including phenoxy) is 2. The Hall–Kier alpha value is -2.70. The minimum absolute atomic E-state index is 0.0000108. The second-order valence-electron chi connectivity index (χ2n) is 4.18. The highest BCUT2D eigenvalue weighted by Crippen LogP contribution is 2.11. The van der Waals surface area contributed by atoms with Gasteiger partial charge in [-0.3, -0.25) is 4.68 Å². The number of rotatable bonds is 4. The van der Waals surface area contributed by atoms with E-state index in [0.29, 0.717) is 0 Å². The van der Waals surface area contributed by atoms with Gasteiger partial charge in [-0.05, 0) is 17.7 Å². The standard InChI is InChI=1S/C14H13FN2O4/c1-20-13(18)11-7-12(14(19)21-2)17(16-11)8-9-3-5-10(15)6-4-9/h3-7H,8H2,1-2H3. The van der Waals surface area contributed by atoms with Crippen molar-refractivity contribution in [2.45, 2.75) is 6.54 Å². The smallest absolute Gasteiger partial charge is 0.358 e. The van der Waals surface area contributed by atoms with Crippen LogP contribution in [0.15, 0.2) is 30.3 Å². The summed E-state index contributed by atoms with van der Waals surface area (Å²) in [5.41, 5.74) is 0.836. The average molecular weight is 292 g/mol. The van der Waals surface area contributed by atoms with Gasteiger partial charge in [0.25, 0.3) is 0 Å². The molecule has 0 aliphatic heterocycles. The summed E-state index contributed by atoms with van der Waals surface area (Å²) in [6.07, 6.45) is 0. The average Bonchev–Trinajstić information content (AvgIpc) is 2.92. The zero-order chi connectivity index (χ0) is 15.4. The third-order valence-electron chi connectivity index (χ3n) is 2.81. The topological polar surface area (TPSA) is 70.4 Å². The van der Waals surface area contributed by atoms with Crippen molar-refractivity contribution in [2.24, 2.45) is 0 Å². The number of esters is 2. The van der Waals surface area contributed by atoms with Crippen molar-refractivity contribution < 1.29 is 23.5 Å². The second-order valence-corrected chi connectivity index (χ2v) is 4.18. The molecule has 0 amide bonds. The SMILES string of the molecule is COC(=O)c1cc(C(=O)OC)n(Cc2ccc(F)cc2)n1. The van der Waals surface area contributed by atoms with Crippen LogP contribution in [0, 0.1) is 5.82 Å². The highest BCUT2D eigenvalue weighted by Gasteiger charge is 2.20. The number of methoxy groups -OCH3 is 2. The maximum Gasteiger partial charge on any atom is 0.358 e. The molecule has 6 nitrogen and oxygen atoms in total. The van der Waals surface area contributed by atoms with Crippen LogP contribution in [0.2, 0.25) is 0 Å². The summed E-state index contributed by atoms with van der Waals surface area (Å²) >= 11 is 0. The minimum Gasteiger partial charge on any atom is -0.464 e. The summed E-state index contributed by atoms with van der Waals surface area (Å²) in [4.78, 5) is 23.2. The van der Waals surface area contributed by atoms with E-state index in [4.69, 9.17) is 0 Å². The number of benzene rings is 1. The van der Waals surface area contributed by atoms with E-state index in [2.05, 4.69) is 14.6 Å². The van der Waals surface area contributed by atoms with Gasteiger partial charge in [0.15, 0.2) is 5.69 Å². The van der Waals surface area contributed by atoms with E-state index in [-0.39, 0.29) is 23.7 Å². The number of carbonyl (C=O) groups is 2. The van der Waals surface area contributed by atoms with Crippen LogP contribution in [0.25, 0.3) is 0 Å². The number of aromatic nitrogens is 2. The van der Waals surface area contributed by atoms with Gasteiger partial charge in [-0.1, -0.05) is 12.1 Å². The molecule has 110 valence electrons. The zero-order valence-electron chi connectivity index (χ0n) is 11.5. The van der Waals surface area contributed by atoms with Crippen LogP contribution in [0.1, 0.15) is 26.5 Å². The molecule has 7 heteroatoms. The second kappa shape index (κ2) is 6.17. The lowest BCUT2D eigenvalue weighted by molar-refractivity contribution is 0.0581. The molecule has 0 saturated carbocycles. The lowest BCUT2D eigenvalue weighted by Crippen LogP contribution is -2.13. The molecule has 0 radical (unpaired) electrons. The first kappa shape index (κ1) is 14.7. The maximum absolute atomic E-state index is 12.9. The fourth-order valence-electron chi connectivity index (χ4n) is 1.77. The van der Waals surface area contributed by atoms with E-state index in [9.17, 15) is 14.0 Å². The number of nitrogens with zero attached hydrogens (tertiary/aromatic N) is 2. The van der Waals surface area contributed by atoms with Crippen LogP contribution in [0.3, 0.4) is 0 Å². The minimum atomic E-state index is -0.655. The largest absolute Gasteiger partial charge is 0.464 e. The van der Waals surface area contributed by atoms with Gasteiger partial charge in [0.05, 0.1) is 20.8 Å². The van der Waals surface area contributed by atoms with Crippen molar-refractivity contribution in [2.75, 3.05) is 14.2 Å². The van der Waals surface area contributed by atoms with Crippen LogP contribution in [0.4, 0.5) is 4.39 Å². The summed E-state index contributed by atoms with van der Waals surface area (Å²) < 4.78 is 23.4. The molecule has 0 fully saturated rings. The number of carbonyl (C=O) groups excluding carboxylic acids is 2. The molecule has 0 aliphatic carbocycles. The van der Waals surface area contributed by atoms with Gasteiger partial charge in [-0.2, -0.15) is 5.10 Å². The molecule has 0 atom stereocenters. The van der Waals surface area contributed by atoms with Crippen LogP contribution in [-0.4, -0.2) is 35.9 Å². The van der Waals surface area contributed by atoms with Crippen LogP contribution < -0.4 is 0 Å². The van der Waals surface area contributed by atoms with Crippen molar-refractivity contribution in [3.63, 3.8) is 0 Å². The molecule has 0 spiro atoms. The van der Waals surface area contributed by atoms with E-state index in [1.165, 1.54) is 37.1 Å². The van der Waals surface area contributed by atoms with E-state index in [1.54, 1.807) is 12.1 Å². The lowest BCUT2D eigenvalue weighted by atomic mass is 10.2. The summed E-state index contributed by atoms with van der Waals surface area (Å²) in [5.74, 6) is -1.64. The van der Waals surface area contributed by atoms with E-state index in [0.717, 1.165) is 5.56 Å². The first-order valence-electron chi connectivity index (χ1n) is 6.04. The fraction of sp³-hybridized carbons (Fsp3) is 0.214. The maximum atomic E-state index is 12.9. The molecule has 1 heterocycles. The van der Waals surface area contributed by atoms with Gasteiger partial charge in [-0.25, -0.2) is 14.0 Å². The van der Waals surface area contributed by atoms with Crippen molar-refractivity contribution in [1.82, 2.24) is 9.78 Å². The molecule has 1 aromatic heterocycles. The molecule has 0 aliphatic rings. The molecular formula is C14H13FN2O4. The Morgan fingerprint density at radius 3 is 2.33 bits per heavy atom. The van der Waals surface area contributed by atoms with Crippen molar-refractivity contribution in [3.05, 3.63) is 53.1 Å². The Bertz CT molecular complexity index is 664. The monoisotopic (exact) mass is 292 g/mol. The van der Waals surface area contributed by atoms with Crippen molar-refractivity contribution in [3.8, 4) is 0 Å². The highest BCUT2D eigenvalue weighted by atomic mass is 19.1. The molecule has 2 aromatic rings. The van der Waals surface area contributed by atoms with Crippen LogP contribution >= 0.6 is 0 Å². The van der Waals surface area contributed by atoms with Crippen LogP contribution in [0.5, 0.6) is 0 Å². The third-order valence-corrected chi connectivity index (χ3v) is 2.81. The Morgan fingerprint density at radius 2 is 1.76 bits per heavy atom. The van der Waals surface area contributed by atoms with Gasteiger partial charge in [0, 0.05) is 6.07 Å². The molecule has 0 bridgehead atoms.